The molecule has 4 heteroatoms. The van der Waals surface area contributed by atoms with E-state index in [1.807, 2.05) is 30.3 Å². The second-order valence-corrected chi connectivity index (χ2v) is 6.05. The molecule has 2 aliphatic heterocycles. The molecule has 0 radical (unpaired) electrons. The first-order valence-electron chi connectivity index (χ1n) is 7.36. The molecule has 2 fully saturated rings. The Hall–Kier alpha value is -1.10. The number of piperidine rings is 1. The van der Waals surface area contributed by atoms with Gasteiger partial charge in [0.2, 0.25) is 0 Å². The summed E-state index contributed by atoms with van der Waals surface area (Å²) in [5, 5.41) is 10.8. The summed E-state index contributed by atoms with van der Waals surface area (Å²) in [5.74, 6) is 0.868. The minimum atomic E-state index is -0.611. The van der Waals surface area contributed by atoms with Crippen molar-refractivity contribution in [2.45, 2.75) is 36.9 Å². The number of hydrogen-bond donors (Lipinski definition) is 1. The number of benzene rings is 1. The van der Waals surface area contributed by atoms with Crippen molar-refractivity contribution in [1.82, 2.24) is 4.90 Å². The molecule has 4 nitrogen and oxygen atoms in total. The average Bonchev–Trinajstić information content (AvgIpc) is 2.42. The van der Waals surface area contributed by atoms with Crippen molar-refractivity contribution >= 4 is 0 Å². The van der Waals surface area contributed by atoms with Crippen LogP contribution in [0, 0.1) is 0 Å². The summed E-state index contributed by atoms with van der Waals surface area (Å²) in [5.41, 5.74) is -0.611. The van der Waals surface area contributed by atoms with E-state index < -0.39 is 5.60 Å². The van der Waals surface area contributed by atoms with Crippen molar-refractivity contribution < 1.29 is 14.6 Å². The fourth-order valence-corrected chi connectivity index (χ4v) is 3.32. The minimum absolute atomic E-state index is 0.337. The van der Waals surface area contributed by atoms with Crippen LogP contribution in [0.5, 0.6) is 5.75 Å². The normalized spacial score (nSPS) is 33.9. The zero-order valence-corrected chi connectivity index (χ0v) is 12.0. The van der Waals surface area contributed by atoms with Gasteiger partial charge in [-0.15, -0.1) is 0 Å². The fourth-order valence-electron chi connectivity index (χ4n) is 3.32. The molecule has 0 aliphatic carbocycles. The summed E-state index contributed by atoms with van der Waals surface area (Å²) in [4.78, 5) is 2.36. The van der Waals surface area contributed by atoms with Crippen LogP contribution in [0.1, 0.15) is 19.3 Å². The van der Waals surface area contributed by atoms with Crippen LogP contribution < -0.4 is 4.74 Å². The molecule has 2 bridgehead atoms. The Bertz CT molecular complexity index is 423. The maximum absolute atomic E-state index is 10.8. The lowest BCUT2D eigenvalue weighted by atomic mass is 9.79. The van der Waals surface area contributed by atoms with E-state index in [0.717, 1.165) is 31.8 Å². The van der Waals surface area contributed by atoms with Crippen molar-refractivity contribution in [3.63, 3.8) is 0 Å². The van der Waals surface area contributed by atoms with Crippen LogP contribution in [0.3, 0.4) is 0 Å². The molecule has 0 amide bonds. The molecule has 2 heterocycles. The van der Waals surface area contributed by atoms with Gasteiger partial charge in [-0.05, 0) is 32.0 Å². The number of para-hydroxylation sites is 1. The highest BCUT2D eigenvalue weighted by molar-refractivity contribution is 5.20. The van der Waals surface area contributed by atoms with Crippen LogP contribution in [0.15, 0.2) is 30.3 Å². The Morgan fingerprint density at radius 2 is 1.90 bits per heavy atom. The Morgan fingerprint density at radius 3 is 2.55 bits per heavy atom. The highest BCUT2D eigenvalue weighted by atomic mass is 16.5. The molecular formula is C16H23NO3. The molecule has 1 aromatic carbocycles. The van der Waals surface area contributed by atoms with Crippen LogP contribution >= 0.6 is 0 Å². The number of fused-ring (bicyclic) bond motifs is 2. The maximum Gasteiger partial charge on any atom is 0.119 e. The van der Waals surface area contributed by atoms with Gasteiger partial charge in [0.25, 0.3) is 0 Å². The predicted molar refractivity (Wildman–Crippen MR) is 76.9 cm³/mol. The molecule has 0 aromatic heterocycles. The smallest absolute Gasteiger partial charge is 0.119 e. The molecule has 110 valence electrons. The second-order valence-electron chi connectivity index (χ2n) is 6.05. The average molecular weight is 277 g/mol. The lowest BCUT2D eigenvalue weighted by Crippen LogP contribution is -2.60. The number of hydrogen-bond acceptors (Lipinski definition) is 4. The molecular weight excluding hydrogens is 254 g/mol. The number of morpholine rings is 1. The van der Waals surface area contributed by atoms with E-state index in [1.165, 1.54) is 0 Å². The van der Waals surface area contributed by atoms with E-state index >= 15 is 0 Å². The standard InChI is InChI=1S/C16H23NO3/c1-17-13-9-16(18,10-14(17)12-19-11-13)7-8-20-15-5-3-2-4-6-15/h2-6,13-14,18H,7-12H2,1H3. The second kappa shape index (κ2) is 5.72. The van der Waals surface area contributed by atoms with Crippen molar-refractivity contribution in [2.24, 2.45) is 0 Å². The van der Waals surface area contributed by atoms with E-state index in [0.29, 0.717) is 25.1 Å². The number of aliphatic hydroxyl groups is 1. The summed E-state index contributed by atoms with van der Waals surface area (Å²) in [6.07, 6.45) is 2.24. The Kier molecular flexibility index (Phi) is 3.96. The summed E-state index contributed by atoms with van der Waals surface area (Å²) >= 11 is 0. The minimum Gasteiger partial charge on any atom is -0.493 e. The van der Waals surface area contributed by atoms with Gasteiger partial charge in [-0.2, -0.15) is 0 Å². The predicted octanol–water partition coefficient (Wildman–Crippen LogP) is 1.68. The zero-order chi connectivity index (χ0) is 14.0. The van der Waals surface area contributed by atoms with Crippen LogP contribution in [0.2, 0.25) is 0 Å². The maximum atomic E-state index is 10.8. The first-order valence-corrected chi connectivity index (χ1v) is 7.36. The van der Waals surface area contributed by atoms with Crippen LogP contribution in [0.25, 0.3) is 0 Å². The summed E-state index contributed by atoms with van der Waals surface area (Å²) in [7, 11) is 2.14. The van der Waals surface area contributed by atoms with Crippen LogP contribution in [0.4, 0.5) is 0 Å². The van der Waals surface area contributed by atoms with Crippen LogP contribution in [-0.4, -0.2) is 54.6 Å². The summed E-state index contributed by atoms with van der Waals surface area (Å²) < 4.78 is 11.3. The highest BCUT2D eigenvalue weighted by Crippen LogP contribution is 2.35. The van der Waals surface area contributed by atoms with Gasteiger partial charge in [-0.1, -0.05) is 18.2 Å². The largest absolute Gasteiger partial charge is 0.493 e. The van der Waals surface area contributed by atoms with Gasteiger partial charge in [0.1, 0.15) is 5.75 Å². The SMILES string of the molecule is CN1C2COCC1CC(O)(CCOc1ccccc1)C2. The number of nitrogens with zero attached hydrogens (tertiary/aromatic N) is 1. The Morgan fingerprint density at radius 1 is 1.25 bits per heavy atom. The molecule has 2 atom stereocenters. The van der Waals surface area contributed by atoms with Gasteiger partial charge < -0.3 is 14.6 Å². The molecule has 0 saturated carbocycles. The molecule has 1 aromatic rings. The molecule has 0 spiro atoms. The summed E-state index contributed by atoms with van der Waals surface area (Å²) in [6.45, 7) is 2.02. The van der Waals surface area contributed by atoms with E-state index in [9.17, 15) is 5.11 Å². The number of ether oxygens (including phenoxy) is 2. The van der Waals surface area contributed by atoms with Gasteiger partial charge in [0, 0.05) is 18.5 Å². The first kappa shape index (κ1) is 13.9. The third kappa shape index (κ3) is 2.97. The lowest BCUT2D eigenvalue weighted by Gasteiger charge is -2.50. The molecule has 2 saturated heterocycles. The van der Waals surface area contributed by atoms with Crippen molar-refractivity contribution in [3.05, 3.63) is 30.3 Å². The zero-order valence-electron chi connectivity index (χ0n) is 12.0. The topological polar surface area (TPSA) is 41.9 Å². The Labute approximate surface area is 120 Å². The molecule has 1 N–H and O–H groups in total. The highest BCUT2D eigenvalue weighted by Gasteiger charge is 2.44. The van der Waals surface area contributed by atoms with E-state index in [4.69, 9.17) is 9.47 Å². The molecule has 2 unspecified atom stereocenters. The third-order valence-corrected chi connectivity index (χ3v) is 4.58. The summed E-state index contributed by atoms with van der Waals surface area (Å²) in [6, 6.07) is 10.5. The number of rotatable bonds is 4. The van der Waals surface area contributed by atoms with Gasteiger partial charge in [-0.25, -0.2) is 0 Å². The van der Waals surface area contributed by atoms with Gasteiger partial charge in [0.15, 0.2) is 0 Å². The van der Waals surface area contributed by atoms with E-state index in [2.05, 4.69) is 11.9 Å². The van der Waals surface area contributed by atoms with Crippen molar-refractivity contribution in [3.8, 4) is 5.75 Å². The first-order chi connectivity index (χ1) is 9.66. The van der Waals surface area contributed by atoms with E-state index in [-0.39, 0.29) is 0 Å². The van der Waals surface area contributed by atoms with Gasteiger partial charge in [0.05, 0.1) is 25.4 Å². The molecule has 2 aliphatic rings. The quantitative estimate of drug-likeness (QED) is 0.909. The van der Waals surface area contributed by atoms with E-state index in [1.54, 1.807) is 0 Å². The molecule has 20 heavy (non-hydrogen) atoms. The Balaban J connectivity index is 1.54. The fraction of sp³-hybridized carbons (Fsp3) is 0.625. The molecule has 3 rings (SSSR count). The van der Waals surface area contributed by atoms with Crippen molar-refractivity contribution in [2.75, 3.05) is 26.9 Å². The van der Waals surface area contributed by atoms with Gasteiger partial charge in [-0.3, -0.25) is 4.90 Å². The van der Waals surface area contributed by atoms with Crippen LogP contribution in [-0.2, 0) is 4.74 Å². The van der Waals surface area contributed by atoms with Gasteiger partial charge >= 0.3 is 0 Å². The lowest BCUT2D eigenvalue weighted by molar-refractivity contribution is -0.138. The van der Waals surface area contributed by atoms with Crippen molar-refractivity contribution in [1.29, 1.82) is 0 Å². The third-order valence-electron chi connectivity index (χ3n) is 4.58. The number of likely N-dealkylation sites (N-methyl/N-ethyl adjacent to an activating group) is 1. The monoisotopic (exact) mass is 277 g/mol.